The number of halogens is 2. The van der Waals surface area contributed by atoms with Gasteiger partial charge in [-0.25, -0.2) is 8.78 Å². The molecule has 0 aromatic heterocycles. The van der Waals surface area contributed by atoms with Crippen molar-refractivity contribution in [3.8, 4) is 112 Å². The summed E-state index contributed by atoms with van der Waals surface area (Å²) in [7, 11) is 9.16. The van der Waals surface area contributed by atoms with Crippen LogP contribution in [0.3, 0.4) is 0 Å². The molecule has 0 fully saturated rings. The summed E-state index contributed by atoms with van der Waals surface area (Å²) in [5.41, 5.74) is 14.1. The van der Waals surface area contributed by atoms with Crippen molar-refractivity contribution in [3.05, 3.63) is 255 Å². The predicted molar refractivity (Wildman–Crippen MR) is 369 cm³/mol. The number of phenols is 2. The molecule has 0 spiro atoms. The average Bonchev–Trinajstić information content (AvgIpc) is 1.04. The summed E-state index contributed by atoms with van der Waals surface area (Å²) in [4.78, 5) is 0. The third-order valence-electron chi connectivity index (χ3n) is 17.3. The van der Waals surface area contributed by atoms with E-state index in [2.05, 4.69) is 189 Å². The number of hydrogen-bond donors (Lipinski definition) is 2. The fourth-order valence-corrected chi connectivity index (χ4v) is 13.5. The summed E-state index contributed by atoms with van der Waals surface area (Å²) in [6, 6.07) is 71.4. The minimum absolute atomic E-state index is 0.0209. The molecule has 0 saturated heterocycles. The van der Waals surface area contributed by atoms with Crippen molar-refractivity contribution in [1.29, 1.82) is 0 Å². The fourth-order valence-electron chi connectivity index (χ4n) is 13.5. The van der Waals surface area contributed by atoms with Gasteiger partial charge in [-0.05, 0) is 200 Å². The topological polar surface area (TPSA) is 45.9 Å². The van der Waals surface area contributed by atoms with Crippen LogP contribution in [0.25, 0.3) is 89.0 Å². The molecule has 2 atom stereocenters. The van der Waals surface area contributed by atoms with Gasteiger partial charge in [0.1, 0.15) is 29.6 Å². The van der Waals surface area contributed by atoms with Gasteiger partial charge in [0.15, 0.2) is 12.2 Å². The molecule has 2 N–H and O–H groups in total. The van der Waals surface area contributed by atoms with E-state index < -0.39 is 11.6 Å². The van der Waals surface area contributed by atoms with Gasteiger partial charge in [0.05, 0.1) is 11.1 Å². The maximum absolute atomic E-state index is 16.1. The average molecular weight is 1190 g/mol. The van der Waals surface area contributed by atoms with Crippen molar-refractivity contribution in [2.75, 3.05) is 0 Å². The van der Waals surface area contributed by atoms with Gasteiger partial charge >= 0.3 is 0 Å². The minimum Gasteiger partial charge on any atom is -0.709 e. The molecule has 0 unspecified atom stereocenters. The van der Waals surface area contributed by atoms with Crippen molar-refractivity contribution >= 4 is 0 Å². The molecule has 0 amide bonds. The molecule has 10 rings (SSSR count). The van der Waals surface area contributed by atoms with Crippen LogP contribution in [0.4, 0.5) is 8.78 Å². The Morgan fingerprint density at radius 1 is 0.337 bits per heavy atom. The second-order valence-corrected chi connectivity index (χ2v) is 28.1. The lowest BCUT2D eigenvalue weighted by molar-refractivity contribution is -0.0937. The third kappa shape index (κ3) is 14.4. The number of rotatable bonds is 18. The molecule has 0 bridgehead atoms. The van der Waals surface area contributed by atoms with Gasteiger partial charge in [0.25, 0.3) is 0 Å². The summed E-state index contributed by atoms with van der Waals surface area (Å²) in [6.45, 7) is 26.4. The SMILES string of the molecule is [CH2-][O+](c1ccc(F)cc1-c1cc(C(C)(C)CC(C)(C)C)cc(-c2cc(-c3ccccc3)cc(-c3ccccc3)c2)c1O)[C@@H](C)C[C@H](C)[O+]([CH2-])c1ccc(F)cc1-c1cc(C(C)(C)CC(C)(C)C)cc(-c2cc(-c3ccccc3)cc(-c3ccccc3)c2)c1O. The summed E-state index contributed by atoms with van der Waals surface area (Å²) >= 11 is 0. The minimum atomic E-state index is -0.461. The Kier molecular flexibility index (Phi) is 18.1. The van der Waals surface area contributed by atoms with Crippen molar-refractivity contribution < 1.29 is 27.7 Å². The quantitative estimate of drug-likeness (QED) is 0.0664. The van der Waals surface area contributed by atoms with Crippen LogP contribution in [-0.2, 0) is 19.6 Å². The van der Waals surface area contributed by atoms with Gasteiger partial charge in [-0.15, -0.1) is 0 Å². The van der Waals surface area contributed by atoms with E-state index in [9.17, 15) is 10.2 Å². The van der Waals surface area contributed by atoms with E-state index in [1.54, 1.807) is 12.1 Å². The van der Waals surface area contributed by atoms with Gasteiger partial charge in [0.2, 0.25) is 11.5 Å². The van der Waals surface area contributed by atoms with Crippen LogP contribution < -0.4 is 0 Å². The highest BCUT2D eigenvalue weighted by Gasteiger charge is 2.34. The van der Waals surface area contributed by atoms with Crippen molar-refractivity contribution in [2.24, 2.45) is 10.8 Å². The van der Waals surface area contributed by atoms with Gasteiger partial charge < -0.3 is 18.9 Å². The summed E-state index contributed by atoms with van der Waals surface area (Å²) in [5, 5.41) is 25.9. The van der Waals surface area contributed by atoms with Crippen LogP contribution in [-0.4, -0.2) is 22.4 Å². The third-order valence-corrected chi connectivity index (χ3v) is 17.3. The molecule has 0 aliphatic rings. The van der Waals surface area contributed by atoms with E-state index in [4.69, 9.17) is 0 Å². The largest absolute Gasteiger partial charge is 0.709 e. The molecule has 89 heavy (non-hydrogen) atoms. The van der Waals surface area contributed by atoms with Gasteiger partial charge in [-0.2, -0.15) is 0 Å². The van der Waals surface area contributed by atoms with Crippen LogP contribution in [0, 0.1) is 36.7 Å². The van der Waals surface area contributed by atoms with Crippen molar-refractivity contribution in [1.82, 2.24) is 0 Å². The first-order chi connectivity index (χ1) is 42.1. The zero-order valence-electron chi connectivity index (χ0n) is 53.9. The lowest BCUT2D eigenvalue weighted by atomic mass is 9.71. The molecule has 0 aliphatic heterocycles. The normalized spacial score (nSPS) is 12.9. The zero-order chi connectivity index (χ0) is 63.7. The van der Waals surface area contributed by atoms with E-state index in [0.29, 0.717) is 51.3 Å². The monoisotopic (exact) mass is 1180 g/mol. The second kappa shape index (κ2) is 25.4. The highest BCUT2D eigenvalue weighted by atomic mass is 19.1. The van der Waals surface area contributed by atoms with Crippen molar-refractivity contribution in [2.45, 2.75) is 125 Å². The summed E-state index contributed by atoms with van der Waals surface area (Å²) < 4.78 is 38.3. The van der Waals surface area contributed by atoms with Gasteiger partial charge in [-0.1, -0.05) is 191 Å². The Bertz CT molecular complexity index is 3730. The Balaban J connectivity index is 1.05. The van der Waals surface area contributed by atoms with Crippen LogP contribution in [0.15, 0.2) is 218 Å². The van der Waals surface area contributed by atoms with E-state index in [1.165, 1.54) is 24.3 Å². The van der Waals surface area contributed by atoms with E-state index >= 15 is 8.78 Å². The molecule has 0 heterocycles. The number of benzene rings is 10. The maximum atomic E-state index is 16.1. The first-order valence-electron chi connectivity index (χ1n) is 31.1. The highest BCUT2D eigenvalue weighted by molar-refractivity contribution is 5.91. The molecule has 6 heteroatoms. The Labute approximate surface area is 528 Å². The van der Waals surface area contributed by atoms with Crippen LogP contribution in [0.5, 0.6) is 23.0 Å². The molecule has 0 saturated carbocycles. The summed E-state index contributed by atoms with van der Waals surface area (Å²) in [5.74, 6) is 0.210. The zero-order valence-corrected chi connectivity index (χ0v) is 53.9. The molecular formula is C83H86F2O4. The number of hydrogen-bond acceptors (Lipinski definition) is 2. The van der Waals surface area contributed by atoms with Crippen LogP contribution >= 0.6 is 0 Å². The first-order valence-corrected chi connectivity index (χ1v) is 31.1. The molecule has 4 nitrogen and oxygen atoms in total. The Morgan fingerprint density at radius 2 is 0.607 bits per heavy atom. The van der Waals surface area contributed by atoms with Crippen LogP contribution in [0.1, 0.15) is 113 Å². The molecule has 10 aromatic carbocycles. The first kappa shape index (κ1) is 63.3. The summed E-state index contributed by atoms with van der Waals surface area (Å²) in [6.07, 6.45) is 1.33. The highest BCUT2D eigenvalue weighted by Crippen LogP contribution is 2.53. The fraction of sp³-hybridized carbons (Fsp3) is 0.253. The van der Waals surface area contributed by atoms with E-state index in [-0.39, 0.29) is 45.4 Å². The standard InChI is InChI=1S/C83H86F2O4/c1-54(88(13)76-37-35-68(84)50-72(76)74-48-66(82(9,10)52-80(3,4)5)46-70(78(74)86)64-42-60(56-27-19-15-20-28-56)40-61(43-64)57-29-21-16-22-30-57)39-55(2)89(14)77-38-36-69(85)51-73(77)75-49-67(83(11,12)53-81(6,7)8)47-71(79(75)87)65-44-62(58-31-23-17-24-32-58)41-63(45-65)59-33-25-18-26-34-59/h15-38,40-51,54-55,86-87H,13-14,39,52-53H2,1-12H3/t54-,55-/m0/s1. The smallest absolute Gasteiger partial charge is 0.235 e. The maximum Gasteiger partial charge on any atom is 0.235 e. The van der Waals surface area contributed by atoms with Gasteiger partial charge in [-0.3, -0.25) is 0 Å². The Morgan fingerprint density at radius 3 is 0.888 bits per heavy atom. The van der Waals surface area contributed by atoms with Crippen LogP contribution in [0.2, 0.25) is 0 Å². The van der Waals surface area contributed by atoms with E-state index in [1.807, 2.05) is 98.8 Å². The number of aromatic hydroxyl groups is 2. The predicted octanol–water partition coefficient (Wildman–Crippen LogP) is 24.1. The second-order valence-electron chi connectivity index (χ2n) is 28.1. The molecule has 10 aromatic rings. The van der Waals surface area contributed by atoms with E-state index in [0.717, 1.165) is 79.6 Å². The molecule has 456 valence electrons. The van der Waals surface area contributed by atoms with Gasteiger partial charge in [0, 0.05) is 48.2 Å². The lowest BCUT2D eigenvalue weighted by Crippen LogP contribution is -2.25. The molecule has 0 radical (unpaired) electrons. The number of phenolic OH excluding ortho intramolecular Hbond substituents is 2. The lowest BCUT2D eigenvalue weighted by Gasteiger charge is -2.40. The molecular weight excluding hydrogens is 1100 g/mol. The Hall–Kier alpha value is -8.74. The van der Waals surface area contributed by atoms with Crippen molar-refractivity contribution in [3.63, 3.8) is 0 Å². The molecule has 0 aliphatic carbocycles.